The summed E-state index contributed by atoms with van der Waals surface area (Å²) < 4.78 is 0. The molecular formula is C18H23N3O. The molecule has 2 N–H and O–H groups in total. The first kappa shape index (κ1) is 16.0. The Kier molecular flexibility index (Phi) is 5.95. The van der Waals surface area contributed by atoms with E-state index in [1.54, 1.807) is 12.3 Å². The predicted molar refractivity (Wildman–Crippen MR) is 90.6 cm³/mol. The van der Waals surface area contributed by atoms with E-state index < -0.39 is 0 Å². The van der Waals surface area contributed by atoms with Crippen LogP contribution in [-0.2, 0) is 0 Å². The van der Waals surface area contributed by atoms with Gasteiger partial charge in [0.2, 0.25) is 0 Å². The minimum absolute atomic E-state index is 0.0638. The van der Waals surface area contributed by atoms with Crippen LogP contribution < -0.4 is 10.6 Å². The van der Waals surface area contributed by atoms with Gasteiger partial charge in [0.25, 0.3) is 5.91 Å². The molecule has 0 radical (unpaired) electrons. The van der Waals surface area contributed by atoms with Crippen molar-refractivity contribution in [3.8, 4) is 0 Å². The van der Waals surface area contributed by atoms with Gasteiger partial charge in [0.05, 0.1) is 5.56 Å². The van der Waals surface area contributed by atoms with Crippen molar-refractivity contribution in [2.24, 2.45) is 0 Å². The molecule has 0 aliphatic carbocycles. The van der Waals surface area contributed by atoms with Crippen molar-refractivity contribution in [1.29, 1.82) is 0 Å². The molecule has 0 unspecified atom stereocenters. The van der Waals surface area contributed by atoms with Crippen molar-refractivity contribution < 1.29 is 4.79 Å². The lowest BCUT2D eigenvalue weighted by Gasteiger charge is -2.09. The minimum atomic E-state index is -0.0638. The quantitative estimate of drug-likeness (QED) is 0.758. The molecule has 1 aromatic carbocycles. The SMILES string of the molecule is CCCCCNC(=O)c1ccc(Nc2ccccc2C)nc1. The van der Waals surface area contributed by atoms with Crippen LogP contribution in [0.5, 0.6) is 0 Å². The van der Waals surface area contributed by atoms with Gasteiger partial charge in [-0.1, -0.05) is 38.0 Å². The van der Waals surface area contributed by atoms with Crippen LogP contribution in [0.2, 0.25) is 0 Å². The van der Waals surface area contributed by atoms with E-state index in [0.717, 1.165) is 42.9 Å². The Labute approximate surface area is 132 Å². The van der Waals surface area contributed by atoms with Gasteiger partial charge in [0.1, 0.15) is 5.82 Å². The fourth-order valence-electron chi connectivity index (χ4n) is 2.13. The Morgan fingerprint density at radius 2 is 1.95 bits per heavy atom. The Balaban J connectivity index is 1.92. The molecule has 1 aromatic heterocycles. The van der Waals surface area contributed by atoms with E-state index in [4.69, 9.17) is 0 Å². The van der Waals surface area contributed by atoms with E-state index in [1.807, 2.05) is 37.3 Å². The third-order valence-electron chi connectivity index (χ3n) is 3.50. The molecule has 0 bridgehead atoms. The van der Waals surface area contributed by atoms with E-state index in [9.17, 15) is 4.79 Å². The summed E-state index contributed by atoms with van der Waals surface area (Å²) in [7, 11) is 0. The van der Waals surface area contributed by atoms with Crippen molar-refractivity contribution in [3.63, 3.8) is 0 Å². The summed E-state index contributed by atoms with van der Waals surface area (Å²) in [6, 6.07) is 11.6. The second kappa shape index (κ2) is 8.17. The molecule has 2 aromatic rings. The molecule has 0 aliphatic rings. The second-order valence-electron chi connectivity index (χ2n) is 5.34. The van der Waals surface area contributed by atoms with Crippen molar-refractivity contribution in [1.82, 2.24) is 10.3 Å². The smallest absolute Gasteiger partial charge is 0.252 e. The lowest BCUT2D eigenvalue weighted by atomic mass is 10.2. The maximum atomic E-state index is 12.0. The van der Waals surface area contributed by atoms with Crippen LogP contribution in [0.25, 0.3) is 0 Å². The number of anilines is 2. The fourth-order valence-corrected chi connectivity index (χ4v) is 2.13. The number of unbranched alkanes of at least 4 members (excludes halogenated alkanes) is 2. The van der Waals surface area contributed by atoms with E-state index >= 15 is 0 Å². The summed E-state index contributed by atoms with van der Waals surface area (Å²) >= 11 is 0. The number of hydrogen-bond donors (Lipinski definition) is 2. The zero-order valence-electron chi connectivity index (χ0n) is 13.2. The zero-order chi connectivity index (χ0) is 15.8. The second-order valence-corrected chi connectivity index (χ2v) is 5.34. The molecule has 2 rings (SSSR count). The normalized spacial score (nSPS) is 10.3. The molecule has 116 valence electrons. The summed E-state index contributed by atoms with van der Waals surface area (Å²) in [5, 5.41) is 6.17. The number of amides is 1. The summed E-state index contributed by atoms with van der Waals surface area (Å²) in [5.41, 5.74) is 2.76. The molecule has 0 saturated heterocycles. The third kappa shape index (κ3) is 4.58. The Morgan fingerprint density at radius 3 is 2.64 bits per heavy atom. The van der Waals surface area contributed by atoms with Crippen LogP contribution in [0.4, 0.5) is 11.5 Å². The van der Waals surface area contributed by atoms with E-state index in [0.29, 0.717) is 5.56 Å². The number of carbonyl (C=O) groups excluding carboxylic acids is 1. The van der Waals surface area contributed by atoms with Gasteiger partial charge < -0.3 is 10.6 Å². The highest BCUT2D eigenvalue weighted by molar-refractivity contribution is 5.94. The number of aryl methyl sites for hydroxylation is 1. The van der Waals surface area contributed by atoms with Gasteiger partial charge >= 0.3 is 0 Å². The molecule has 0 fully saturated rings. The Morgan fingerprint density at radius 1 is 1.14 bits per heavy atom. The molecule has 1 heterocycles. The zero-order valence-corrected chi connectivity index (χ0v) is 13.2. The van der Waals surface area contributed by atoms with Crippen LogP contribution in [0.3, 0.4) is 0 Å². The summed E-state index contributed by atoms with van der Waals surface area (Å²) in [6.07, 6.45) is 4.91. The van der Waals surface area contributed by atoms with Crippen molar-refractivity contribution in [2.45, 2.75) is 33.1 Å². The van der Waals surface area contributed by atoms with Crippen LogP contribution in [0.15, 0.2) is 42.6 Å². The maximum absolute atomic E-state index is 12.0. The number of aromatic nitrogens is 1. The fraction of sp³-hybridized carbons (Fsp3) is 0.333. The lowest BCUT2D eigenvalue weighted by Crippen LogP contribution is -2.24. The lowest BCUT2D eigenvalue weighted by molar-refractivity contribution is 0.0952. The molecule has 0 aliphatic heterocycles. The number of rotatable bonds is 7. The van der Waals surface area contributed by atoms with Gasteiger partial charge in [-0.25, -0.2) is 4.98 Å². The molecule has 22 heavy (non-hydrogen) atoms. The number of nitrogens with one attached hydrogen (secondary N) is 2. The van der Waals surface area contributed by atoms with Gasteiger partial charge in [-0.05, 0) is 37.1 Å². The van der Waals surface area contributed by atoms with Gasteiger partial charge in [0.15, 0.2) is 0 Å². The maximum Gasteiger partial charge on any atom is 0.252 e. The van der Waals surface area contributed by atoms with Crippen LogP contribution >= 0.6 is 0 Å². The Bertz CT molecular complexity index is 608. The van der Waals surface area contributed by atoms with Crippen LogP contribution in [0, 0.1) is 6.92 Å². The number of para-hydroxylation sites is 1. The van der Waals surface area contributed by atoms with Gasteiger partial charge in [-0.3, -0.25) is 4.79 Å². The number of carbonyl (C=O) groups is 1. The molecular weight excluding hydrogens is 274 g/mol. The summed E-state index contributed by atoms with van der Waals surface area (Å²) in [4.78, 5) is 16.3. The Hall–Kier alpha value is -2.36. The van der Waals surface area contributed by atoms with Crippen molar-refractivity contribution in [2.75, 3.05) is 11.9 Å². The van der Waals surface area contributed by atoms with Gasteiger partial charge in [0, 0.05) is 18.4 Å². The topological polar surface area (TPSA) is 54.0 Å². The van der Waals surface area contributed by atoms with Crippen LogP contribution in [0.1, 0.15) is 42.1 Å². The number of pyridine rings is 1. The molecule has 0 atom stereocenters. The number of benzene rings is 1. The average molecular weight is 297 g/mol. The molecule has 1 amide bonds. The standard InChI is InChI=1S/C18H23N3O/c1-3-4-7-12-19-18(22)15-10-11-17(20-13-15)21-16-9-6-5-8-14(16)2/h5-6,8-11,13H,3-4,7,12H2,1-2H3,(H,19,22)(H,20,21). The van der Waals surface area contributed by atoms with Gasteiger partial charge in [-0.2, -0.15) is 0 Å². The molecule has 0 saturated carbocycles. The van der Waals surface area contributed by atoms with Crippen molar-refractivity contribution in [3.05, 3.63) is 53.7 Å². The number of nitrogens with zero attached hydrogens (tertiary/aromatic N) is 1. The van der Waals surface area contributed by atoms with E-state index in [2.05, 4.69) is 22.5 Å². The summed E-state index contributed by atoms with van der Waals surface area (Å²) in [5.74, 6) is 0.669. The molecule has 4 nitrogen and oxygen atoms in total. The van der Waals surface area contributed by atoms with Crippen molar-refractivity contribution >= 4 is 17.4 Å². The third-order valence-corrected chi connectivity index (χ3v) is 3.50. The molecule has 0 spiro atoms. The van der Waals surface area contributed by atoms with E-state index in [-0.39, 0.29) is 5.91 Å². The first-order valence-electron chi connectivity index (χ1n) is 7.77. The average Bonchev–Trinajstić information content (AvgIpc) is 2.54. The monoisotopic (exact) mass is 297 g/mol. The highest BCUT2D eigenvalue weighted by atomic mass is 16.1. The first-order chi connectivity index (χ1) is 10.7. The first-order valence-corrected chi connectivity index (χ1v) is 7.77. The number of hydrogen-bond acceptors (Lipinski definition) is 3. The highest BCUT2D eigenvalue weighted by Crippen LogP contribution is 2.18. The largest absolute Gasteiger partial charge is 0.352 e. The van der Waals surface area contributed by atoms with Gasteiger partial charge in [-0.15, -0.1) is 0 Å². The predicted octanol–water partition coefficient (Wildman–Crippen LogP) is 4.05. The molecule has 4 heteroatoms. The summed E-state index contributed by atoms with van der Waals surface area (Å²) in [6.45, 7) is 4.91. The van der Waals surface area contributed by atoms with E-state index in [1.165, 1.54) is 0 Å². The highest BCUT2D eigenvalue weighted by Gasteiger charge is 2.06. The van der Waals surface area contributed by atoms with Crippen LogP contribution in [-0.4, -0.2) is 17.4 Å². The minimum Gasteiger partial charge on any atom is -0.352 e.